The molecule has 116 valence electrons. The van der Waals surface area contributed by atoms with Crippen molar-refractivity contribution in [1.82, 2.24) is 4.90 Å². The topological polar surface area (TPSA) is 59.0 Å². The summed E-state index contributed by atoms with van der Waals surface area (Å²) >= 11 is 3.44. The summed E-state index contributed by atoms with van der Waals surface area (Å²) in [5, 5.41) is 9.30. The zero-order valence-corrected chi connectivity index (χ0v) is 13.6. The summed E-state index contributed by atoms with van der Waals surface area (Å²) in [7, 11) is 1.62. The van der Waals surface area contributed by atoms with Crippen LogP contribution in [0.25, 0.3) is 0 Å². The van der Waals surface area contributed by atoms with E-state index < -0.39 is 0 Å². The molecule has 0 bridgehead atoms. The van der Waals surface area contributed by atoms with E-state index in [1.165, 1.54) is 0 Å². The molecule has 1 aromatic carbocycles. The lowest BCUT2D eigenvalue weighted by atomic mass is 10.1. The molecular weight excluding hydrogens is 338 g/mol. The van der Waals surface area contributed by atoms with Crippen molar-refractivity contribution in [2.75, 3.05) is 33.5 Å². The van der Waals surface area contributed by atoms with Crippen LogP contribution < -0.4 is 4.74 Å². The molecule has 0 aliphatic carbocycles. The van der Waals surface area contributed by atoms with Gasteiger partial charge in [-0.3, -0.25) is 4.79 Å². The normalized spacial score (nSPS) is 18.6. The van der Waals surface area contributed by atoms with E-state index in [-0.39, 0.29) is 18.6 Å². The zero-order chi connectivity index (χ0) is 15.2. The first-order valence-electron chi connectivity index (χ1n) is 6.96. The molecule has 1 atom stereocenters. The maximum Gasteiger partial charge on any atom is 0.223 e. The molecule has 1 N–H and O–H groups in total. The first kappa shape index (κ1) is 16.3. The van der Waals surface area contributed by atoms with Gasteiger partial charge in [-0.05, 0) is 40.0 Å². The van der Waals surface area contributed by atoms with E-state index in [1.807, 2.05) is 18.2 Å². The number of carbonyl (C=O) groups is 1. The Bertz CT molecular complexity index is 495. The number of aliphatic hydroxyl groups is 1. The van der Waals surface area contributed by atoms with Gasteiger partial charge in [-0.2, -0.15) is 0 Å². The summed E-state index contributed by atoms with van der Waals surface area (Å²) in [6.45, 7) is 1.45. The van der Waals surface area contributed by atoms with E-state index in [0.29, 0.717) is 32.6 Å². The van der Waals surface area contributed by atoms with Gasteiger partial charge in [0.2, 0.25) is 5.91 Å². The maximum absolute atomic E-state index is 12.3. The average Bonchev–Trinajstić information content (AvgIpc) is 2.52. The number of morpholine rings is 1. The Morgan fingerprint density at radius 1 is 1.57 bits per heavy atom. The molecule has 0 aromatic heterocycles. The van der Waals surface area contributed by atoms with Gasteiger partial charge in [-0.15, -0.1) is 0 Å². The Balaban J connectivity index is 1.92. The predicted octanol–water partition coefficient (Wildman–Crippen LogP) is 1.61. The lowest BCUT2D eigenvalue weighted by Gasteiger charge is -2.34. The minimum absolute atomic E-state index is 0.0557. The number of ether oxygens (including phenoxy) is 2. The highest BCUT2D eigenvalue weighted by molar-refractivity contribution is 9.10. The van der Waals surface area contributed by atoms with Gasteiger partial charge in [-0.25, -0.2) is 0 Å². The van der Waals surface area contributed by atoms with Gasteiger partial charge >= 0.3 is 0 Å². The number of hydrogen-bond acceptors (Lipinski definition) is 4. The Kier molecular flexibility index (Phi) is 6.02. The SMILES string of the molecule is COc1ccc(CCC(=O)N2CCOCC2CO)cc1Br. The van der Waals surface area contributed by atoms with Crippen LogP contribution in [0.2, 0.25) is 0 Å². The van der Waals surface area contributed by atoms with E-state index in [4.69, 9.17) is 9.47 Å². The second-order valence-corrected chi connectivity index (χ2v) is 5.82. The molecule has 1 unspecified atom stereocenters. The van der Waals surface area contributed by atoms with Crippen LogP contribution in [0.5, 0.6) is 5.75 Å². The van der Waals surface area contributed by atoms with E-state index in [2.05, 4.69) is 15.9 Å². The molecule has 6 heteroatoms. The number of hydrogen-bond donors (Lipinski definition) is 1. The van der Waals surface area contributed by atoms with Crippen molar-refractivity contribution in [3.05, 3.63) is 28.2 Å². The summed E-state index contributed by atoms with van der Waals surface area (Å²) in [4.78, 5) is 14.0. The molecule has 21 heavy (non-hydrogen) atoms. The van der Waals surface area contributed by atoms with Crippen LogP contribution in [0.15, 0.2) is 22.7 Å². The smallest absolute Gasteiger partial charge is 0.223 e. The van der Waals surface area contributed by atoms with Gasteiger partial charge in [0.1, 0.15) is 5.75 Å². The van der Waals surface area contributed by atoms with Gasteiger partial charge in [0.05, 0.1) is 37.4 Å². The van der Waals surface area contributed by atoms with Crippen LogP contribution in [0.4, 0.5) is 0 Å². The third kappa shape index (κ3) is 4.18. The average molecular weight is 358 g/mol. The summed E-state index contributed by atoms with van der Waals surface area (Å²) in [5.41, 5.74) is 1.07. The van der Waals surface area contributed by atoms with Gasteiger partial charge in [0.15, 0.2) is 0 Å². The fourth-order valence-corrected chi connectivity index (χ4v) is 2.98. The standard InChI is InChI=1S/C15H20BrNO4/c1-20-14-4-2-11(8-13(14)16)3-5-15(19)17-6-7-21-10-12(17)9-18/h2,4,8,12,18H,3,5-7,9-10H2,1H3. The fourth-order valence-electron chi connectivity index (χ4n) is 2.39. The highest BCUT2D eigenvalue weighted by Gasteiger charge is 2.26. The van der Waals surface area contributed by atoms with Gasteiger partial charge in [0.25, 0.3) is 0 Å². The van der Waals surface area contributed by atoms with Crippen LogP contribution in [-0.2, 0) is 16.0 Å². The third-order valence-corrected chi connectivity index (χ3v) is 4.22. The second kappa shape index (κ2) is 7.77. The minimum atomic E-state index is -0.214. The molecule has 1 aromatic rings. The number of aliphatic hydroxyl groups excluding tert-OH is 1. The molecule has 1 aliphatic rings. The van der Waals surface area contributed by atoms with E-state index in [9.17, 15) is 9.90 Å². The number of rotatable bonds is 5. The van der Waals surface area contributed by atoms with Crippen molar-refractivity contribution in [2.24, 2.45) is 0 Å². The largest absolute Gasteiger partial charge is 0.496 e. The summed E-state index contributed by atoms with van der Waals surface area (Å²) in [6, 6.07) is 5.60. The molecule has 1 amide bonds. The van der Waals surface area contributed by atoms with Crippen LogP contribution in [0.3, 0.4) is 0 Å². The van der Waals surface area contributed by atoms with Crippen molar-refractivity contribution in [3.8, 4) is 5.75 Å². The van der Waals surface area contributed by atoms with Crippen molar-refractivity contribution in [2.45, 2.75) is 18.9 Å². The van der Waals surface area contributed by atoms with Crippen LogP contribution in [0, 0.1) is 0 Å². The van der Waals surface area contributed by atoms with E-state index in [1.54, 1.807) is 12.0 Å². The van der Waals surface area contributed by atoms with Gasteiger partial charge in [0, 0.05) is 13.0 Å². The molecule has 1 heterocycles. The van der Waals surface area contributed by atoms with E-state index >= 15 is 0 Å². The molecule has 1 saturated heterocycles. The van der Waals surface area contributed by atoms with Crippen LogP contribution in [0.1, 0.15) is 12.0 Å². The van der Waals surface area contributed by atoms with Gasteiger partial charge in [-0.1, -0.05) is 6.07 Å². The Hall–Kier alpha value is -1.11. The number of aryl methyl sites for hydroxylation is 1. The van der Waals surface area contributed by atoms with Crippen molar-refractivity contribution >= 4 is 21.8 Å². The Morgan fingerprint density at radius 3 is 3.05 bits per heavy atom. The van der Waals surface area contributed by atoms with Crippen molar-refractivity contribution in [3.63, 3.8) is 0 Å². The summed E-state index contributed by atoms with van der Waals surface area (Å²) in [5.74, 6) is 0.836. The van der Waals surface area contributed by atoms with Crippen LogP contribution >= 0.6 is 15.9 Å². The first-order chi connectivity index (χ1) is 10.2. The van der Waals surface area contributed by atoms with Crippen molar-refractivity contribution < 1.29 is 19.4 Å². The molecule has 0 spiro atoms. The second-order valence-electron chi connectivity index (χ2n) is 4.97. The molecule has 1 fully saturated rings. The minimum Gasteiger partial charge on any atom is -0.496 e. The number of methoxy groups -OCH3 is 1. The Labute approximate surface area is 133 Å². The van der Waals surface area contributed by atoms with Crippen molar-refractivity contribution in [1.29, 1.82) is 0 Å². The maximum atomic E-state index is 12.3. The zero-order valence-electron chi connectivity index (χ0n) is 12.0. The molecule has 0 radical (unpaired) electrons. The number of halogens is 1. The lowest BCUT2D eigenvalue weighted by molar-refractivity contribution is -0.141. The molecule has 2 rings (SSSR count). The number of nitrogens with zero attached hydrogens (tertiary/aromatic N) is 1. The molecule has 1 aliphatic heterocycles. The van der Waals surface area contributed by atoms with Crippen LogP contribution in [-0.4, -0.2) is 55.4 Å². The molecule has 0 saturated carbocycles. The van der Waals surface area contributed by atoms with Gasteiger partial charge < -0.3 is 19.5 Å². The predicted molar refractivity (Wildman–Crippen MR) is 82.4 cm³/mol. The highest BCUT2D eigenvalue weighted by Crippen LogP contribution is 2.26. The summed E-state index contributed by atoms with van der Waals surface area (Å²) in [6.07, 6.45) is 1.09. The number of benzene rings is 1. The summed E-state index contributed by atoms with van der Waals surface area (Å²) < 4.78 is 11.4. The fraction of sp³-hybridized carbons (Fsp3) is 0.533. The Morgan fingerprint density at radius 2 is 2.38 bits per heavy atom. The number of amides is 1. The molecule has 5 nitrogen and oxygen atoms in total. The van der Waals surface area contributed by atoms with E-state index in [0.717, 1.165) is 15.8 Å². The third-order valence-electron chi connectivity index (χ3n) is 3.60. The highest BCUT2D eigenvalue weighted by atomic mass is 79.9. The first-order valence-corrected chi connectivity index (χ1v) is 7.75. The monoisotopic (exact) mass is 357 g/mol. The number of carbonyl (C=O) groups excluding carboxylic acids is 1. The molecular formula is C15H20BrNO4. The quantitative estimate of drug-likeness (QED) is 0.869. The lowest BCUT2D eigenvalue weighted by Crippen LogP contribution is -2.50.